The van der Waals surface area contributed by atoms with Gasteiger partial charge in [0.05, 0.1) is 31.8 Å². The van der Waals surface area contributed by atoms with Gasteiger partial charge in [0.1, 0.15) is 5.84 Å². The number of amidine groups is 1. The molecular formula is C22H38N6O3. The summed E-state index contributed by atoms with van der Waals surface area (Å²) in [4.78, 5) is 14.9. The third kappa shape index (κ3) is 6.62. The molecule has 1 aromatic heterocycles. The van der Waals surface area contributed by atoms with E-state index >= 15 is 0 Å². The predicted molar refractivity (Wildman–Crippen MR) is 122 cm³/mol. The molecule has 9 heteroatoms. The first-order valence-corrected chi connectivity index (χ1v) is 11.0. The molecule has 9 nitrogen and oxygen atoms in total. The number of aryl methyl sites for hydroxylation is 1. The molecule has 0 bridgehead atoms. The fourth-order valence-corrected chi connectivity index (χ4v) is 4.35. The van der Waals surface area contributed by atoms with Crippen LogP contribution in [0.25, 0.3) is 0 Å². The number of likely N-dealkylation sites (tertiary alicyclic amines) is 1. The molecule has 0 unspecified atom stereocenters. The average Bonchev–Trinajstić information content (AvgIpc) is 3.13. The highest BCUT2D eigenvalue weighted by Crippen LogP contribution is 2.43. The van der Waals surface area contributed by atoms with Gasteiger partial charge in [0, 0.05) is 51.9 Å². The van der Waals surface area contributed by atoms with Crippen LogP contribution in [0.15, 0.2) is 24.0 Å². The number of nitrogens with one attached hydrogen (secondary N) is 3. The van der Waals surface area contributed by atoms with Crippen LogP contribution in [-0.2, 0) is 21.3 Å². The summed E-state index contributed by atoms with van der Waals surface area (Å²) < 4.78 is 12.4. The van der Waals surface area contributed by atoms with E-state index in [1.807, 2.05) is 6.92 Å². The van der Waals surface area contributed by atoms with Crippen LogP contribution in [0.3, 0.4) is 0 Å². The van der Waals surface area contributed by atoms with Crippen molar-refractivity contribution < 1.29 is 15.7 Å². The fourth-order valence-electron chi connectivity index (χ4n) is 4.35. The summed E-state index contributed by atoms with van der Waals surface area (Å²) in [5, 5.41) is 18.6. The standard InChI is InChI=1S/C22H36N6O3.H2/c1-17(12-30-3)24-16-31-13-18(21(29)26-19-10-25-27(2)11-19)9-20(23)28-14-22(15-28)7-5-4-6-8-22;/h9-11,17,23-24H,4-8,12-16H2,1-3H3,(H,26,29);1H/b18-9-,23-20?;/t17-;/m0./s1. The fraction of sp³-hybridized carbons (Fsp3) is 0.682. The van der Waals surface area contributed by atoms with Crippen LogP contribution in [-0.4, -0.2) is 72.6 Å². The Hall–Kier alpha value is -2.23. The number of amides is 1. The highest BCUT2D eigenvalue weighted by Gasteiger charge is 2.43. The van der Waals surface area contributed by atoms with E-state index in [1.165, 1.54) is 32.1 Å². The van der Waals surface area contributed by atoms with Crippen LogP contribution in [0.5, 0.6) is 0 Å². The molecule has 2 fully saturated rings. The number of rotatable bonds is 10. The maximum absolute atomic E-state index is 12.9. The number of aromatic nitrogens is 2. The van der Waals surface area contributed by atoms with Crippen molar-refractivity contribution in [1.82, 2.24) is 20.0 Å². The minimum absolute atomic E-state index is 0. The van der Waals surface area contributed by atoms with Gasteiger partial charge in [0.15, 0.2) is 0 Å². The van der Waals surface area contributed by atoms with Crippen LogP contribution < -0.4 is 10.6 Å². The molecule has 1 spiro atoms. The normalized spacial score (nSPS) is 19.2. The van der Waals surface area contributed by atoms with Gasteiger partial charge in [-0.2, -0.15) is 5.10 Å². The second-order valence-corrected chi connectivity index (χ2v) is 8.88. The highest BCUT2D eigenvalue weighted by molar-refractivity contribution is 6.08. The van der Waals surface area contributed by atoms with Crippen molar-refractivity contribution >= 4 is 17.4 Å². The summed E-state index contributed by atoms with van der Waals surface area (Å²) in [6.07, 6.45) is 11.4. The van der Waals surface area contributed by atoms with E-state index in [0.29, 0.717) is 35.8 Å². The molecule has 0 radical (unpaired) electrons. The van der Waals surface area contributed by atoms with Gasteiger partial charge < -0.3 is 19.7 Å². The summed E-state index contributed by atoms with van der Waals surface area (Å²) in [6.45, 7) is 4.81. The summed E-state index contributed by atoms with van der Waals surface area (Å²) >= 11 is 0. The van der Waals surface area contributed by atoms with Crippen molar-refractivity contribution in [1.29, 1.82) is 5.41 Å². The van der Waals surface area contributed by atoms with E-state index in [9.17, 15) is 4.79 Å². The van der Waals surface area contributed by atoms with Crippen LogP contribution in [0, 0.1) is 10.8 Å². The summed E-state index contributed by atoms with van der Waals surface area (Å²) in [7, 11) is 3.45. The first-order chi connectivity index (χ1) is 14.9. The molecule has 1 aliphatic carbocycles. The van der Waals surface area contributed by atoms with Gasteiger partial charge >= 0.3 is 0 Å². The Morgan fingerprint density at radius 1 is 1.39 bits per heavy atom. The number of carbonyl (C=O) groups excluding carboxylic acids is 1. The zero-order valence-electron chi connectivity index (χ0n) is 18.9. The number of hydrogen-bond acceptors (Lipinski definition) is 6. The van der Waals surface area contributed by atoms with Gasteiger partial charge in [-0.3, -0.25) is 20.2 Å². The summed E-state index contributed by atoms with van der Waals surface area (Å²) in [5.41, 5.74) is 1.41. The number of anilines is 1. The number of carbonyl (C=O) groups is 1. The Morgan fingerprint density at radius 3 is 2.77 bits per heavy atom. The molecule has 2 heterocycles. The lowest BCUT2D eigenvalue weighted by Gasteiger charge is -2.53. The first-order valence-electron chi connectivity index (χ1n) is 11.0. The predicted octanol–water partition coefficient (Wildman–Crippen LogP) is 2.37. The lowest BCUT2D eigenvalue weighted by atomic mass is 9.68. The van der Waals surface area contributed by atoms with Crippen LogP contribution in [0.2, 0.25) is 0 Å². The molecule has 0 aromatic carbocycles. The molecule has 1 saturated carbocycles. The van der Waals surface area contributed by atoms with Crippen molar-refractivity contribution in [2.75, 3.05) is 45.5 Å². The summed E-state index contributed by atoms with van der Waals surface area (Å²) in [6, 6.07) is 0.146. The monoisotopic (exact) mass is 434 g/mol. The Kier molecular flexibility index (Phi) is 8.22. The highest BCUT2D eigenvalue weighted by atomic mass is 16.5. The van der Waals surface area contributed by atoms with E-state index in [4.69, 9.17) is 14.9 Å². The van der Waals surface area contributed by atoms with E-state index in [2.05, 4.69) is 20.6 Å². The Labute approximate surface area is 186 Å². The quantitative estimate of drug-likeness (QED) is 0.172. The molecule has 1 amide bonds. The lowest BCUT2D eigenvalue weighted by Crippen LogP contribution is -2.58. The first kappa shape index (κ1) is 23.4. The minimum Gasteiger partial charge on any atom is -0.383 e. The van der Waals surface area contributed by atoms with Crippen molar-refractivity contribution in [3.63, 3.8) is 0 Å². The molecule has 1 aromatic rings. The van der Waals surface area contributed by atoms with Crippen molar-refractivity contribution in [3.05, 3.63) is 24.0 Å². The molecule has 3 N–H and O–H groups in total. The van der Waals surface area contributed by atoms with Crippen molar-refractivity contribution in [3.8, 4) is 0 Å². The van der Waals surface area contributed by atoms with E-state index in [1.54, 1.807) is 37.3 Å². The Bertz CT molecular complexity index is 782. The van der Waals surface area contributed by atoms with Gasteiger partial charge in [0.25, 0.3) is 5.91 Å². The molecular weight excluding hydrogens is 396 g/mol. The smallest absolute Gasteiger partial charge is 0.254 e. The Balaban J connectivity index is 0.00000363. The van der Waals surface area contributed by atoms with Crippen LogP contribution >= 0.6 is 0 Å². The van der Waals surface area contributed by atoms with Crippen LogP contribution in [0.1, 0.15) is 40.5 Å². The molecule has 2 aliphatic rings. The van der Waals surface area contributed by atoms with Gasteiger partial charge in [-0.25, -0.2) is 0 Å². The third-order valence-electron chi connectivity index (χ3n) is 6.08. The molecule has 1 aliphatic heterocycles. The van der Waals surface area contributed by atoms with Crippen molar-refractivity contribution in [2.45, 2.75) is 45.1 Å². The zero-order chi connectivity index (χ0) is 22.3. The van der Waals surface area contributed by atoms with E-state index in [-0.39, 0.29) is 20.0 Å². The van der Waals surface area contributed by atoms with Gasteiger partial charge in [0.2, 0.25) is 0 Å². The summed E-state index contributed by atoms with van der Waals surface area (Å²) in [5.74, 6) is 0.0902. The maximum atomic E-state index is 12.9. The van der Waals surface area contributed by atoms with E-state index < -0.39 is 0 Å². The third-order valence-corrected chi connectivity index (χ3v) is 6.08. The average molecular weight is 435 g/mol. The number of ether oxygens (including phenoxy) is 2. The minimum atomic E-state index is -0.282. The SMILES string of the molecule is COC[C@H](C)NCOC/C(=C/C(=N)N1CC2(CCCCC2)C1)C(=O)Nc1cnn(C)c1.[HH]. The van der Waals surface area contributed by atoms with Gasteiger partial charge in [-0.1, -0.05) is 19.3 Å². The van der Waals surface area contributed by atoms with Gasteiger partial charge in [-0.15, -0.1) is 0 Å². The Morgan fingerprint density at radius 2 is 2.13 bits per heavy atom. The maximum Gasteiger partial charge on any atom is 0.254 e. The second kappa shape index (κ2) is 10.9. The number of hydrogen-bond donors (Lipinski definition) is 3. The van der Waals surface area contributed by atoms with E-state index in [0.717, 1.165) is 13.1 Å². The van der Waals surface area contributed by atoms with Crippen molar-refractivity contribution in [2.24, 2.45) is 12.5 Å². The zero-order valence-corrected chi connectivity index (χ0v) is 18.9. The van der Waals surface area contributed by atoms with Crippen LogP contribution in [0.4, 0.5) is 5.69 Å². The molecule has 3 rings (SSSR count). The number of nitrogens with zero attached hydrogens (tertiary/aromatic N) is 3. The second-order valence-electron chi connectivity index (χ2n) is 8.88. The van der Waals surface area contributed by atoms with Gasteiger partial charge in [-0.05, 0) is 25.8 Å². The lowest BCUT2D eigenvalue weighted by molar-refractivity contribution is -0.113. The molecule has 1 atom stereocenters. The molecule has 1 saturated heterocycles. The molecule has 31 heavy (non-hydrogen) atoms. The number of methoxy groups -OCH3 is 1. The molecule has 174 valence electrons. The topological polar surface area (TPSA) is 104 Å². The largest absolute Gasteiger partial charge is 0.383 e.